The molecule has 1 fully saturated rings. The van der Waals surface area contributed by atoms with Gasteiger partial charge in [0.2, 0.25) is 0 Å². The molecule has 2 atom stereocenters. The summed E-state index contributed by atoms with van der Waals surface area (Å²) < 4.78 is 28.2. The van der Waals surface area contributed by atoms with Gasteiger partial charge in [0, 0.05) is 25.7 Å². The van der Waals surface area contributed by atoms with Crippen molar-refractivity contribution in [2.75, 3.05) is 6.54 Å². The topological polar surface area (TPSA) is 76.0 Å². The first-order valence-corrected chi connectivity index (χ1v) is 7.21. The van der Waals surface area contributed by atoms with Crippen LogP contribution in [0.5, 0.6) is 0 Å². The molecule has 7 heteroatoms. The summed E-state index contributed by atoms with van der Waals surface area (Å²) in [6.07, 6.45) is 3.33. The average molecular weight is 258 g/mol. The van der Waals surface area contributed by atoms with Crippen LogP contribution in [-0.2, 0) is 17.1 Å². The molecule has 0 aromatic carbocycles. The third-order valence-corrected chi connectivity index (χ3v) is 4.63. The summed E-state index contributed by atoms with van der Waals surface area (Å²) in [6.45, 7) is 2.78. The number of piperidine rings is 1. The Morgan fingerprint density at radius 1 is 1.53 bits per heavy atom. The third kappa shape index (κ3) is 2.85. The Kier molecular flexibility index (Phi) is 3.50. The minimum atomic E-state index is -3.45. The van der Waals surface area contributed by atoms with E-state index in [2.05, 4.69) is 22.1 Å². The molecule has 96 valence electrons. The van der Waals surface area contributed by atoms with Crippen molar-refractivity contribution in [1.29, 1.82) is 0 Å². The van der Waals surface area contributed by atoms with E-state index < -0.39 is 10.0 Å². The molecule has 0 aliphatic carbocycles. The highest BCUT2D eigenvalue weighted by Gasteiger charge is 2.25. The lowest BCUT2D eigenvalue weighted by atomic mass is 10.0. The summed E-state index contributed by atoms with van der Waals surface area (Å²) in [7, 11) is -1.83. The van der Waals surface area contributed by atoms with E-state index >= 15 is 0 Å². The van der Waals surface area contributed by atoms with Crippen molar-refractivity contribution in [3.8, 4) is 0 Å². The lowest BCUT2D eigenvalue weighted by Crippen LogP contribution is -2.48. The van der Waals surface area contributed by atoms with Crippen LogP contribution < -0.4 is 10.0 Å². The quantitative estimate of drug-likeness (QED) is 0.790. The highest BCUT2D eigenvalue weighted by Crippen LogP contribution is 2.12. The molecular weight excluding hydrogens is 240 g/mol. The van der Waals surface area contributed by atoms with Crippen LogP contribution >= 0.6 is 0 Å². The predicted molar refractivity (Wildman–Crippen MR) is 64.0 cm³/mol. The normalized spacial score (nSPS) is 26.0. The van der Waals surface area contributed by atoms with E-state index in [1.807, 2.05) is 0 Å². The lowest BCUT2D eigenvalue weighted by Gasteiger charge is -2.27. The van der Waals surface area contributed by atoms with Crippen molar-refractivity contribution in [2.24, 2.45) is 7.05 Å². The van der Waals surface area contributed by atoms with Crippen molar-refractivity contribution in [3.05, 3.63) is 12.3 Å². The fourth-order valence-corrected chi connectivity index (χ4v) is 3.40. The molecule has 1 aromatic rings. The van der Waals surface area contributed by atoms with Gasteiger partial charge < -0.3 is 5.32 Å². The molecule has 17 heavy (non-hydrogen) atoms. The Balaban J connectivity index is 2.06. The van der Waals surface area contributed by atoms with Crippen molar-refractivity contribution in [2.45, 2.75) is 36.9 Å². The molecule has 1 aliphatic rings. The van der Waals surface area contributed by atoms with Crippen molar-refractivity contribution >= 4 is 10.0 Å². The van der Waals surface area contributed by atoms with Gasteiger partial charge >= 0.3 is 0 Å². The molecule has 0 amide bonds. The molecule has 2 unspecified atom stereocenters. The monoisotopic (exact) mass is 258 g/mol. The maximum absolute atomic E-state index is 12.1. The minimum absolute atomic E-state index is 0.0360. The maximum Gasteiger partial charge on any atom is 0.257 e. The number of nitrogens with one attached hydrogen (secondary N) is 2. The van der Waals surface area contributed by atoms with Gasteiger partial charge in [0.1, 0.15) is 0 Å². The number of aromatic nitrogens is 2. The number of sulfonamides is 1. The smallest absolute Gasteiger partial charge is 0.257 e. The summed E-state index contributed by atoms with van der Waals surface area (Å²) >= 11 is 0. The second-order valence-corrected chi connectivity index (χ2v) is 6.16. The molecule has 2 rings (SSSR count). The minimum Gasteiger partial charge on any atom is -0.313 e. The summed E-state index contributed by atoms with van der Waals surface area (Å²) in [6, 6.07) is 1.93. The molecule has 1 aromatic heterocycles. The molecule has 2 N–H and O–H groups in total. The Bertz CT molecular complexity index is 474. The Morgan fingerprint density at radius 2 is 2.29 bits per heavy atom. The van der Waals surface area contributed by atoms with Gasteiger partial charge in [-0.1, -0.05) is 0 Å². The first-order valence-electron chi connectivity index (χ1n) is 5.73. The van der Waals surface area contributed by atoms with Crippen LogP contribution in [0.25, 0.3) is 0 Å². The average Bonchev–Trinajstić information content (AvgIpc) is 2.68. The van der Waals surface area contributed by atoms with Crippen molar-refractivity contribution in [1.82, 2.24) is 19.8 Å². The van der Waals surface area contributed by atoms with Gasteiger partial charge in [-0.2, -0.15) is 5.10 Å². The zero-order valence-corrected chi connectivity index (χ0v) is 10.9. The second-order valence-electron chi connectivity index (χ2n) is 4.50. The van der Waals surface area contributed by atoms with Gasteiger partial charge in [-0.25, -0.2) is 13.1 Å². The molecule has 0 spiro atoms. The van der Waals surface area contributed by atoms with Gasteiger partial charge in [-0.3, -0.25) is 4.68 Å². The fraction of sp³-hybridized carbons (Fsp3) is 0.700. The highest BCUT2D eigenvalue weighted by molar-refractivity contribution is 7.89. The molecule has 0 radical (unpaired) electrons. The van der Waals surface area contributed by atoms with Gasteiger partial charge in [-0.05, 0) is 25.8 Å². The van der Waals surface area contributed by atoms with E-state index in [1.165, 1.54) is 16.9 Å². The number of rotatable bonds is 3. The maximum atomic E-state index is 12.1. The van der Waals surface area contributed by atoms with Crippen LogP contribution in [0.3, 0.4) is 0 Å². The Labute approximate surface area is 101 Å². The summed E-state index contributed by atoms with van der Waals surface area (Å²) in [5, 5.41) is 7.34. The summed E-state index contributed by atoms with van der Waals surface area (Å²) in [5.74, 6) is 0. The number of hydrogen-bond acceptors (Lipinski definition) is 4. The van der Waals surface area contributed by atoms with Crippen LogP contribution in [-0.4, -0.2) is 36.8 Å². The zero-order valence-electron chi connectivity index (χ0n) is 10.0. The zero-order chi connectivity index (χ0) is 12.5. The Hall–Kier alpha value is -0.920. The molecule has 1 saturated heterocycles. The number of nitrogens with zero attached hydrogens (tertiary/aromatic N) is 2. The van der Waals surface area contributed by atoms with Crippen molar-refractivity contribution in [3.63, 3.8) is 0 Å². The largest absolute Gasteiger partial charge is 0.313 e. The Morgan fingerprint density at radius 3 is 2.82 bits per heavy atom. The standard InChI is InChI=1S/C10H18N4O2S/c1-8-3-4-9(7-11-8)13-17(15,16)10-5-6-12-14(10)2/h5-6,8-9,11,13H,3-4,7H2,1-2H3. The van der Waals surface area contributed by atoms with Gasteiger partial charge in [-0.15, -0.1) is 0 Å². The predicted octanol–water partition coefficient (Wildman–Crippen LogP) is -0.161. The fourth-order valence-electron chi connectivity index (χ4n) is 2.00. The molecular formula is C10H18N4O2S. The van der Waals surface area contributed by atoms with Crippen LogP contribution in [0.15, 0.2) is 17.3 Å². The second kappa shape index (κ2) is 4.75. The lowest BCUT2D eigenvalue weighted by molar-refractivity contribution is 0.365. The van der Waals surface area contributed by atoms with Gasteiger partial charge in [0.15, 0.2) is 5.03 Å². The third-order valence-electron chi connectivity index (χ3n) is 3.03. The van der Waals surface area contributed by atoms with E-state index in [1.54, 1.807) is 7.05 Å². The first-order chi connectivity index (χ1) is 7.99. The van der Waals surface area contributed by atoms with Gasteiger partial charge in [0.05, 0.1) is 6.20 Å². The van der Waals surface area contributed by atoms with Crippen LogP contribution in [0.1, 0.15) is 19.8 Å². The first kappa shape index (κ1) is 12.5. The number of hydrogen-bond donors (Lipinski definition) is 2. The van der Waals surface area contributed by atoms with E-state index in [4.69, 9.17) is 0 Å². The van der Waals surface area contributed by atoms with E-state index in [9.17, 15) is 8.42 Å². The van der Waals surface area contributed by atoms with E-state index in [0.717, 1.165) is 12.8 Å². The van der Waals surface area contributed by atoms with Crippen LogP contribution in [0, 0.1) is 0 Å². The van der Waals surface area contributed by atoms with Crippen molar-refractivity contribution < 1.29 is 8.42 Å². The summed E-state index contributed by atoms with van der Waals surface area (Å²) in [5.41, 5.74) is 0. The summed E-state index contributed by atoms with van der Waals surface area (Å²) in [4.78, 5) is 0. The van der Waals surface area contributed by atoms with E-state index in [-0.39, 0.29) is 11.1 Å². The molecule has 0 bridgehead atoms. The molecule has 1 aliphatic heterocycles. The molecule has 2 heterocycles. The van der Waals surface area contributed by atoms with Crippen LogP contribution in [0.2, 0.25) is 0 Å². The van der Waals surface area contributed by atoms with Gasteiger partial charge in [0.25, 0.3) is 10.0 Å². The SMILES string of the molecule is CC1CCC(NS(=O)(=O)c2ccnn2C)CN1. The molecule has 6 nitrogen and oxygen atoms in total. The van der Waals surface area contributed by atoms with E-state index in [0.29, 0.717) is 12.6 Å². The van der Waals surface area contributed by atoms with Crippen LogP contribution in [0.4, 0.5) is 0 Å². The highest BCUT2D eigenvalue weighted by atomic mass is 32.2. The molecule has 0 saturated carbocycles. The number of aryl methyl sites for hydroxylation is 1.